The van der Waals surface area contributed by atoms with Gasteiger partial charge < -0.3 is 12.4 Å². The van der Waals surface area contributed by atoms with E-state index in [0.29, 0.717) is 0 Å². The number of rotatable bonds is 1. The van der Waals surface area contributed by atoms with Crippen molar-refractivity contribution in [3.8, 4) is 11.1 Å². The maximum Gasteiger partial charge on any atom is 0.169 e. The summed E-state index contributed by atoms with van der Waals surface area (Å²) >= 11 is 0. The highest BCUT2D eigenvalue weighted by molar-refractivity contribution is 5.60. The lowest BCUT2D eigenvalue weighted by Gasteiger charge is -1.97. The van der Waals surface area contributed by atoms with E-state index in [-0.39, 0.29) is 12.4 Å². The molecule has 2 heterocycles. The molecule has 0 aliphatic heterocycles. The van der Waals surface area contributed by atoms with Crippen LogP contribution in [-0.4, -0.2) is 0 Å². The summed E-state index contributed by atoms with van der Waals surface area (Å²) in [5.74, 6) is 0. The Hall–Kier alpha value is -1.41. The van der Waals surface area contributed by atoms with Gasteiger partial charge in [-0.05, 0) is 11.1 Å². The van der Waals surface area contributed by atoms with E-state index in [1.807, 2.05) is 23.2 Å². The maximum atomic E-state index is 2.12. The first-order valence-corrected chi connectivity index (χ1v) is 4.67. The van der Waals surface area contributed by atoms with Crippen molar-refractivity contribution in [2.75, 3.05) is 0 Å². The second kappa shape index (κ2) is 4.89. The van der Waals surface area contributed by atoms with E-state index in [0.717, 1.165) is 0 Å². The van der Waals surface area contributed by atoms with Crippen molar-refractivity contribution in [1.82, 2.24) is 0 Å². The van der Waals surface area contributed by atoms with Gasteiger partial charge in [-0.25, -0.2) is 9.13 Å². The van der Waals surface area contributed by atoms with Crippen molar-refractivity contribution < 1.29 is 21.5 Å². The summed E-state index contributed by atoms with van der Waals surface area (Å²) in [6, 6.07) is 8.48. The van der Waals surface area contributed by atoms with Gasteiger partial charge in [-0.3, -0.25) is 0 Å². The quantitative estimate of drug-likeness (QED) is 0.493. The topological polar surface area (TPSA) is 7.76 Å². The molecule has 0 spiro atoms. The molecule has 78 valence electrons. The molecule has 0 fully saturated rings. The molecule has 2 rings (SSSR count). The molecule has 2 aromatic rings. The van der Waals surface area contributed by atoms with E-state index in [4.69, 9.17) is 0 Å². The fraction of sp³-hybridized carbons (Fsp3) is 0.167. The van der Waals surface area contributed by atoms with Gasteiger partial charge in [-0.1, -0.05) is 0 Å². The van der Waals surface area contributed by atoms with Gasteiger partial charge in [0.25, 0.3) is 0 Å². The molecule has 0 atom stereocenters. The molecule has 0 saturated carbocycles. The second-order valence-electron chi connectivity index (χ2n) is 3.50. The Morgan fingerprint density at radius 3 is 1.20 bits per heavy atom. The van der Waals surface area contributed by atoms with Gasteiger partial charge >= 0.3 is 0 Å². The summed E-state index contributed by atoms with van der Waals surface area (Å²) in [7, 11) is 4.05. The highest BCUT2D eigenvalue weighted by Crippen LogP contribution is 2.14. The summed E-state index contributed by atoms with van der Waals surface area (Å²) in [5.41, 5.74) is 2.51. The van der Waals surface area contributed by atoms with Crippen LogP contribution < -0.4 is 21.5 Å². The summed E-state index contributed by atoms with van der Waals surface area (Å²) < 4.78 is 4.07. The third-order valence-electron chi connectivity index (χ3n) is 2.29. The zero-order valence-electron chi connectivity index (χ0n) is 8.89. The zero-order chi connectivity index (χ0) is 9.97. The first kappa shape index (κ1) is 11.7. The molecule has 0 amide bonds. The van der Waals surface area contributed by atoms with Gasteiger partial charge in [-0.2, -0.15) is 0 Å². The summed E-state index contributed by atoms with van der Waals surface area (Å²) in [6.07, 6.45) is 8.23. The van der Waals surface area contributed by atoms with Crippen molar-refractivity contribution in [3.05, 3.63) is 49.1 Å². The van der Waals surface area contributed by atoms with Crippen molar-refractivity contribution in [2.45, 2.75) is 0 Å². The molecule has 0 aliphatic rings. The predicted molar refractivity (Wildman–Crippen MR) is 54.2 cm³/mol. The van der Waals surface area contributed by atoms with Crippen molar-refractivity contribution in [3.63, 3.8) is 0 Å². The van der Waals surface area contributed by atoms with Crippen LogP contribution in [0.4, 0.5) is 0 Å². The Bertz CT molecular complexity index is 377. The Labute approximate surface area is 96.2 Å². The number of aryl methyl sites for hydroxylation is 2. The first-order valence-electron chi connectivity index (χ1n) is 4.67. The van der Waals surface area contributed by atoms with E-state index in [1.165, 1.54) is 11.1 Å². The highest BCUT2D eigenvalue weighted by atomic mass is 35.5. The Morgan fingerprint density at radius 2 is 0.933 bits per heavy atom. The molecule has 15 heavy (non-hydrogen) atoms. The van der Waals surface area contributed by atoms with Crippen LogP contribution in [0, 0.1) is 0 Å². The van der Waals surface area contributed by atoms with E-state index >= 15 is 0 Å². The lowest BCUT2D eigenvalue weighted by atomic mass is 10.1. The molecule has 0 aliphatic carbocycles. The van der Waals surface area contributed by atoms with Gasteiger partial charge in [-0.15, -0.1) is 0 Å². The average molecular weight is 222 g/mol. The zero-order valence-corrected chi connectivity index (χ0v) is 9.65. The minimum Gasteiger partial charge on any atom is -1.00 e. The number of nitrogens with zero attached hydrogens (tertiary/aromatic N) is 2. The molecule has 0 bridgehead atoms. The van der Waals surface area contributed by atoms with Crippen LogP contribution in [-0.2, 0) is 14.1 Å². The summed E-state index contributed by atoms with van der Waals surface area (Å²) in [4.78, 5) is 0. The predicted octanol–water partition coefficient (Wildman–Crippen LogP) is -1.99. The van der Waals surface area contributed by atoms with Gasteiger partial charge in [0, 0.05) is 24.3 Å². The second-order valence-corrected chi connectivity index (χ2v) is 3.50. The van der Waals surface area contributed by atoms with E-state index < -0.39 is 0 Å². The van der Waals surface area contributed by atoms with Gasteiger partial charge in [0.05, 0.1) is 0 Å². The number of pyridine rings is 2. The lowest BCUT2D eigenvalue weighted by molar-refractivity contribution is -0.671. The Balaban J connectivity index is 0.00000112. The molecule has 0 saturated heterocycles. The minimum absolute atomic E-state index is 0. The van der Waals surface area contributed by atoms with Crippen LogP contribution in [0.25, 0.3) is 11.1 Å². The Morgan fingerprint density at radius 1 is 0.667 bits per heavy atom. The SMILES string of the molecule is C[n+]1ccc(-c2cc[n+](C)cc2)cc1.[Cl-]. The molecule has 0 aromatic carbocycles. The molecular weight excluding hydrogens is 208 g/mol. The van der Waals surface area contributed by atoms with E-state index in [2.05, 4.69) is 49.1 Å². The van der Waals surface area contributed by atoms with Gasteiger partial charge in [0.1, 0.15) is 14.1 Å². The largest absolute Gasteiger partial charge is 1.00 e. The normalized spacial score (nSPS) is 9.47. The Kier molecular flexibility index (Phi) is 3.81. The fourth-order valence-corrected chi connectivity index (χ4v) is 1.39. The van der Waals surface area contributed by atoms with Crippen molar-refractivity contribution in [2.24, 2.45) is 14.1 Å². The highest BCUT2D eigenvalue weighted by Gasteiger charge is 2.00. The third kappa shape index (κ3) is 2.77. The first-order chi connectivity index (χ1) is 6.75. The van der Waals surface area contributed by atoms with Crippen LogP contribution in [0.2, 0.25) is 0 Å². The summed E-state index contributed by atoms with van der Waals surface area (Å²) in [6.45, 7) is 0. The smallest absolute Gasteiger partial charge is 0.169 e. The molecule has 2 nitrogen and oxygen atoms in total. The summed E-state index contributed by atoms with van der Waals surface area (Å²) in [5, 5.41) is 0. The van der Waals surface area contributed by atoms with Crippen LogP contribution in [0.5, 0.6) is 0 Å². The minimum atomic E-state index is 0. The third-order valence-corrected chi connectivity index (χ3v) is 2.29. The maximum absolute atomic E-state index is 2.12. The number of hydrogen-bond donors (Lipinski definition) is 0. The molecule has 0 radical (unpaired) electrons. The molecule has 2 aromatic heterocycles. The monoisotopic (exact) mass is 221 g/mol. The standard InChI is InChI=1S/C12H14N2.ClH/c1-13-7-3-11(4-8-13)12-5-9-14(2)10-6-12;/h3-10H,1-2H3;1H/q+2;/p-1. The fourth-order valence-electron chi connectivity index (χ4n) is 1.39. The van der Waals surface area contributed by atoms with E-state index in [9.17, 15) is 0 Å². The van der Waals surface area contributed by atoms with Gasteiger partial charge in [0.15, 0.2) is 24.8 Å². The molecule has 0 unspecified atom stereocenters. The average Bonchev–Trinajstić information content (AvgIpc) is 2.21. The van der Waals surface area contributed by atoms with Crippen molar-refractivity contribution in [1.29, 1.82) is 0 Å². The van der Waals surface area contributed by atoms with E-state index in [1.54, 1.807) is 0 Å². The van der Waals surface area contributed by atoms with Crippen molar-refractivity contribution >= 4 is 0 Å². The lowest BCUT2D eigenvalue weighted by Crippen LogP contribution is -3.00. The molecule has 0 N–H and O–H groups in total. The van der Waals surface area contributed by atoms with Crippen LogP contribution in [0.15, 0.2) is 49.1 Å². The number of aromatic nitrogens is 2. The molecule has 3 heteroatoms. The molecular formula is C12H14ClN2+. The van der Waals surface area contributed by atoms with Crippen LogP contribution in [0.3, 0.4) is 0 Å². The number of hydrogen-bond acceptors (Lipinski definition) is 0. The van der Waals surface area contributed by atoms with Crippen LogP contribution >= 0.6 is 0 Å². The van der Waals surface area contributed by atoms with Gasteiger partial charge in [0.2, 0.25) is 0 Å². The number of halogens is 1. The van der Waals surface area contributed by atoms with Crippen LogP contribution in [0.1, 0.15) is 0 Å².